The Labute approximate surface area is 159 Å². The van der Waals surface area contributed by atoms with E-state index in [-0.39, 0.29) is 11.5 Å². The summed E-state index contributed by atoms with van der Waals surface area (Å²) in [5.74, 6) is 1.47. The van der Waals surface area contributed by atoms with Crippen molar-refractivity contribution in [3.63, 3.8) is 0 Å². The Kier molecular flexibility index (Phi) is 5.04. The lowest BCUT2D eigenvalue weighted by molar-refractivity contribution is -0.141. The first-order chi connectivity index (χ1) is 12.6. The van der Waals surface area contributed by atoms with Crippen molar-refractivity contribution in [3.8, 4) is 11.5 Å². The van der Waals surface area contributed by atoms with Crippen LogP contribution in [0.4, 0.5) is 0 Å². The number of hydrogen-bond acceptors (Lipinski definition) is 5. The lowest BCUT2D eigenvalue weighted by Gasteiger charge is -2.44. The maximum absolute atomic E-state index is 6.47. The van der Waals surface area contributed by atoms with Crippen LogP contribution in [0.3, 0.4) is 0 Å². The van der Waals surface area contributed by atoms with Gasteiger partial charge in [-0.2, -0.15) is 0 Å². The lowest BCUT2D eigenvalue weighted by Crippen LogP contribution is -2.51. The fourth-order valence-electron chi connectivity index (χ4n) is 3.26. The van der Waals surface area contributed by atoms with Gasteiger partial charge in [-0.1, -0.05) is 18.5 Å². The van der Waals surface area contributed by atoms with Crippen molar-refractivity contribution in [2.24, 2.45) is 5.41 Å². The second-order valence-corrected chi connectivity index (χ2v) is 8.07. The van der Waals surface area contributed by atoms with Crippen LogP contribution in [0.2, 0.25) is 5.02 Å². The van der Waals surface area contributed by atoms with Crippen molar-refractivity contribution >= 4 is 17.3 Å². The van der Waals surface area contributed by atoms with E-state index in [4.69, 9.17) is 30.5 Å². The summed E-state index contributed by atoms with van der Waals surface area (Å²) in [7, 11) is 1.69. The number of nitrogens with one attached hydrogen (secondary N) is 1. The summed E-state index contributed by atoms with van der Waals surface area (Å²) in [6.07, 6.45) is 5.42. The molecule has 0 radical (unpaired) electrons. The molecule has 1 atom stereocenters. The molecule has 1 N–H and O–H groups in total. The van der Waals surface area contributed by atoms with Gasteiger partial charge in [0.1, 0.15) is 17.6 Å². The van der Waals surface area contributed by atoms with Crippen molar-refractivity contribution in [2.45, 2.75) is 38.3 Å². The molecule has 1 aliphatic carbocycles. The Morgan fingerprint density at radius 1 is 1.27 bits per heavy atom. The number of halogens is 1. The van der Waals surface area contributed by atoms with Crippen LogP contribution in [-0.2, 0) is 9.47 Å². The van der Waals surface area contributed by atoms with Gasteiger partial charge in [-0.15, -0.1) is 0 Å². The van der Waals surface area contributed by atoms with Crippen molar-refractivity contribution in [1.82, 2.24) is 5.32 Å². The highest BCUT2D eigenvalue weighted by molar-refractivity contribution is 6.32. The molecule has 1 unspecified atom stereocenters. The fourth-order valence-corrected chi connectivity index (χ4v) is 3.47. The van der Waals surface area contributed by atoms with Gasteiger partial charge in [0.2, 0.25) is 0 Å². The van der Waals surface area contributed by atoms with Crippen molar-refractivity contribution in [1.29, 1.82) is 0 Å². The highest BCUT2D eigenvalue weighted by Crippen LogP contribution is 2.44. The van der Waals surface area contributed by atoms with E-state index < -0.39 is 0 Å². The standard InChI is InChI=1S/C20H26ClNO4/c1-20(11-24-12-20)19-9-16(22-13-4-5-13)14-8-15(21)18(10-17(14)26-19)25-7-3-6-23-2/h8-10,13,19,22H,3-7,11-12H2,1-2H3. The van der Waals surface area contributed by atoms with E-state index in [1.54, 1.807) is 7.11 Å². The second kappa shape index (κ2) is 7.29. The van der Waals surface area contributed by atoms with Gasteiger partial charge >= 0.3 is 0 Å². The number of fused-ring (bicyclic) bond motifs is 1. The monoisotopic (exact) mass is 379 g/mol. The minimum atomic E-state index is -0.0208. The molecule has 2 fully saturated rings. The largest absolute Gasteiger partial charge is 0.492 e. The number of ether oxygens (including phenoxy) is 4. The van der Waals surface area contributed by atoms with Gasteiger partial charge in [-0.25, -0.2) is 0 Å². The van der Waals surface area contributed by atoms with Crippen LogP contribution in [0, 0.1) is 5.41 Å². The summed E-state index contributed by atoms with van der Waals surface area (Å²) in [6.45, 7) is 4.86. The summed E-state index contributed by atoms with van der Waals surface area (Å²) in [4.78, 5) is 0. The Hall–Kier alpha value is -1.43. The molecule has 2 heterocycles. The molecule has 2 aliphatic heterocycles. The van der Waals surface area contributed by atoms with Gasteiger partial charge in [0.25, 0.3) is 0 Å². The predicted molar refractivity (Wildman–Crippen MR) is 101 cm³/mol. The van der Waals surface area contributed by atoms with Gasteiger partial charge in [0.15, 0.2) is 0 Å². The van der Waals surface area contributed by atoms with Gasteiger partial charge < -0.3 is 24.3 Å². The third kappa shape index (κ3) is 3.66. The number of methoxy groups -OCH3 is 1. The molecular formula is C20H26ClNO4. The fraction of sp³-hybridized carbons (Fsp3) is 0.600. The van der Waals surface area contributed by atoms with E-state index in [0.29, 0.717) is 43.2 Å². The summed E-state index contributed by atoms with van der Waals surface area (Å²) in [5.41, 5.74) is 2.12. The minimum absolute atomic E-state index is 0.00723. The second-order valence-electron chi connectivity index (χ2n) is 7.66. The molecule has 5 nitrogen and oxygen atoms in total. The Morgan fingerprint density at radius 2 is 2.08 bits per heavy atom. The first-order valence-corrected chi connectivity index (χ1v) is 9.65. The molecule has 4 rings (SSSR count). The van der Waals surface area contributed by atoms with Gasteiger partial charge in [-0.05, 0) is 25.0 Å². The molecule has 0 bridgehead atoms. The average molecular weight is 380 g/mol. The quantitative estimate of drug-likeness (QED) is 0.699. The Morgan fingerprint density at radius 3 is 2.73 bits per heavy atom. The topological polar surface area (TPSA) is 49.0 Å². The maximum atomic E-state index is 6.47. The smallest absolute Gasteiger partial charge is 0.141 e. The van der Waals surface area contributed by atoms with E-state index in [0.717, 1.165) is 23.4 Å². The molecule has 0 aromatic heterocycles. The van der Waals surface area contributed by atoms with E-state index in [1.165, 1.54) is 12.8 Å². The Bertz CT molecular complexity index is 697. The third-order valence-corrected chi connectivity index (χ3v) is 5.43. The lowest BCUT2D eigenvalue weighted by atomic mass is 9.80. The van der Waals surface area contributed by atoms with Crippen LogP contribution in [-0.4, -0.2) is 45.7 Å². The average Bonchev–Trinajstić information content (AvgIpc) is 3.41. The molecule has 6 heteroatoms. The first-order valence-electron chi connectivity index (χ1n) is 9.27. The zero-order valence-electron chi connectivity index (χ0n) is 15.3. The molecule has 3 aliphatic rings. The molecule has 1 saturated carbocycles. The molecule has 26 heavy (non-hydrogen) atoms. The summed E-state index contributed by atoms with van der Waals surface area (Å²) < 4.78 is 22.7. The number of benzene rings is 1. The van der Waals surface area contributed by atoms with Crippen LogP contribution >= 0.6 is 11.6 Å². The summed E-state index contributed by atoms with van der Waals surface area (Å²) in [5, 5.41) is 4.23. The number of rotatable bonds is 8. The van der Waals surface area contributed by atoms with Crippen LogP contribution in [0.5, 0.6) is 11.5 Å². The van der Waals surface area contributed by atoms with Crippen LogP contribution < -0.4 is 14.8 Å². The van der Waals surface area contributed by atoms with Crippen molar-refractivity contribution in [3.05, 3.63) is 28.8 Å². The van der Waals surface area contributed by atoms with Crippen LogP contribution in [0.25, 0.3) is 5.70 Å². The normalized spacial score (nSPS) is 23.3. The molecule has 0 amide bonds. The zero-order valence-corrected chi connectivity index (χ0v) is 16.1. The van der Waals surface area contributed by atoms with Crippen molar-refractivity contribution in [2.75, 3.05) is 33.5 Å². The van der Waals surface area contributed by atoms with E-state index in [1.807, 2.05) is 12.1 Å². The van der Waals surface area contributed by atoms with Gasteiger partial charge in [0.05, 0.1) is 30.3 Å². The van der Waals surface area contributed by atoms with E-state index in [2.05, 4.69) is 18.3 Å². The van der Waals surface area contributed by atoms with E-state index in [9.17, 15) is 0 Å². The SMILES string of the molecule is COCCCOc1cc2c(cc1Cl)C(NC1CC1)=CC(C1(C)COC1)O2. The van der Waals surface area contributed by atoms with Crippen molar-refractivity contribution < 1.29 is 18.9 Å². The highest BCUT2D eigenvalue weighted by Gasteiger charge is 2.44. The molecule has 1 aromatic rings. The summed E-state index contributed by atoms with van der Waals surface area (Å²) >= 11 is 6.47. The molecule has 1 aromatic carbocycles. The molecule has 142 valence electrons. The maximum Gasteiger partial charge on any atom is 0.141 e. The molecular weight excluding hydrogens is 354 g/mol. The predicted octanol–water partition coefficient (Wildman–Crippen LogP) is 3.65. The van der Waals surface area contributed by atoms with Gasteiger partial charge in [0, 0.05) is 43.5 Å². The van der Waals surface area contributed by atoms with Gasteiger partial charge in [-0.3, -0.25) is 0 Å². The zero-order chi connectivity index (χ0) is 18.1. The van der Waals surface area contributed by atoms with Crippen LogP contribution in [0.1, 0.15) is 31.7 Å². The van der Waals surface area contributed by atoms with Crippen LogP contribution in [0.15, 0.2) is 18.2 Å². The molecule has 0 spiro atoms. The number of hydrogen-bond donors (Lipinski definition) is 1. The first kappa shape index (κ1) is 18.0. The molecule has 1 saturated heterocycles. The minimum Gasteiger partial charge on any atom is -0.492 e. The summed E-state index contributed by atoms with van der Waals surface area (Å²) in [6, 6.07) is 4.42. The van der Waals surface area contributed by atoms with E-state index >= 15 is 0 Å². The highest BCUT2D eigenvalue weighted by atomic mass is 35.5. The third-order valence-electron chi connectivity index (χ3n) is 5.13. The Balaban J connectivity index is 1.58.